The topological polar surface area (TPSA) is 12.0 Å². The van der Waals surface area contributed by atoms with E-state index in [2.05, 4.69) is 44.3 Å². The molecule has 2 rings (SSSR count). The Hall–Kier alpha value is -0.470. The monoisotopic (exact) mass is 249 g/mol. The van der Waals surface area contributed by atoms with Crippen molar-refractivity contribution >= 4 is 11.8 Å². The van der Waals surface area contributed by atoms with E-state index in [4.69, 9.17) is 0 Å². The van der Waals surface area contributed by atoms with E-state index >= 15 is 0 Å². The first-order valence-electron chi connectivity index (χ1n) is 6.61. The number of thioether (sulfide) groups is 1. The van der Waals surface area contributed by atoms with Crippen LogP contribution >= 0.6 is 11.8 Å². The molecule has 0 spiro atoms. The van der Waals surface area contributed by atoms with Gasteiger partial charge in [-0.15, -0.1) is 11.8 Å². The fourth-order valence-corrected chi connectivity index (χ4v) is 2.75. The molecule has 1 aromatic carbocycles. The Morgan fingerprint density at radius 3 is 2.71 bits per heavy atom. The van der Waals surface area contributed by atoms with Gasteiger partial charge in [0.05, 0.1) is 0 Å². The minimum Gasteiger partial charge on any atom is -0.310 e. The molecule has 2 heteroatoms. The highest BCUT2D eigenvalue weighted by Gasteiger charge is 2.19. The van der Waals surface area contributed by atoms with Crippen LogP contribution in [-0.4, -0.2) is 11.8 Å². The van der Waals surface area contributed by atoms with Gasteiger partial charge < -0.3 is 5.32 Å². The van der Waals surface area contributed by atoms with E-state index in [9.17, 15) is 0 Å². The lowest BCUT2D eigenvalue weighted by Crippen LogP contribution is -2.15. The molecule has 1 N–H and O–H groups in total. The molecule has 0 aromatic heterocycles. The molecule has 0 heterocycles. The van der Waals surface area contributed by atoms with Gasteiger partial charge in [0.1, 0.15) is 0 Å². The maximum absolute atomic E-state index is 3.56. The fraction of sp³-hybridized carbons (Fsp3) is 0.600. The van der Waals surface area contributed by atoms with E-state index in [1.807, 2.05) is 11.8 Å². The van der Waals surface area contributed by atoms with Gasteiger partial charge in [-0.25, -0.2) is 0 Å². The van der Waals surface area contributed by atoms with Gasteiger partial charge >= 0.3 is 0 Å². The van der Waals surface area contributed by atoms with Crippen LogP contribution in [0.3, 0.4) is 0 Å². The molecule has 0 aliphatic heterocycles. The minimum absolute atomic E-state index is 0.760. The number of hydrogen-bond acceptors (Lipinski definition) is 2. The Labute approximate surface area is 109 Å². The van der Waals surface area contributed by atoms with E-state index in [0.29, 0.717) is 0 Å². The highest BCUT2D eigenvalue weighted by molar-refractivity contribution is 7.99. The smallest absolute Gasteiger partial charge is 0.0208 e. The van der Waals surface area contributed by atoms with Crippen molar-refractivity contribution in [2.24, 2.45) is 5.92 Å². The number of rotatable bonds is 6. The first kappa shape index (κ1) is 13.0. The molecule has 0 amide bonds. The van der Waals surface area contributed by atoms with Gasteiger partial charge in [-0.1, -0.05) is 26.0 Å². The fourth-order valence-electron chi connectivity index (χ4n) is 1.79. The van der Waals surface area contributed by atoms with Crippen molar-refractivity contribution in [3.05, 3.63) is 29.3 Å². The summed E-state index contributed by atoms with van der Waals surface area (Å²) < 4.78 is 0. The molecule has 1 saturated carbocycles. The molecule has 1 nitrogen and oxygen atoms in total. The van der Waals surface area contributed by atoms with Crippen molar-refractivity contribution in [1.82, 2.24) is 5.32 Å². The third kappa shape index (κ3) is 4.36. The van der Waals surface area contributed by atoms with Crippen LogP contribution in [0.25, 0.3) is 0 Å². The van der Waals surface area contributed by atoms with Crippen LogP contribution in [0.5, 0.6) is 0 Å². The summed E-state index contributed by atoms with van der Waals surface area (Å²) in [4.78, 5) is 1.44. The van der Waals surface area contributed by atoms with E-state index in [1.165, 1.54) is 34.6 Å². The van der Waals surface area contributed by atoms with Gasteiger partial charge in [-0.05, 0) is 42.9 Å². The van der Waals surface area contributed by atoms with E-state index in [-0.39, 0.29) is 0 Å². The van der Waals surface area contributed by atoms with E-state index in [0.717, 1.165) is 18.5 Å². The highest BCUT2D eigenvalue weighted by atomic mass is 32.2. The van der Waals surface area contributed by atoms with Crippen LogP contribution in [0.2, 0.25) is 0 Å². The number of nitrogens with one attached hydrogen (secondary N) is 1. The molecule has 0 saturated heterocycles. The molecule has 0 unspecified atom stereocenters. The molecular weight excluding hydrogens is 226 g/mol. The average Bonchev–Trinajstić information content (AvgIpc) is 3.08. The van der Waals surface area contributed by atoms with Crippen LogP contribution in [-0.2, 0) is 6.54 Å². The Kier molecular flexibility index (Phi) is 4.52. The second-order valence-electron chi connectivity index (χ2n) is 5.46. The van der Waals surface area contributed by atoms with Crippen LogP contribution in [0.4, 0.5) is 0 Å². The zero-order valence-corrected chi connectivity index (χ0v) is 11.9. The zero-order valence-electron chi connectivity index (χ0n) is 11.1. The van der Waals surface area contributed by atoms with Gasteiger partial charge in [0.25, 0.3) is 0 Å². The summed E-state index contributed by atoms with van der Waals surface area (Å²) in [5.74, 6) is 1.97. The predicted octanol–water partition coefficient (Wildman–Crippen LogP) is 4.00. The van der Waals surface area contributed by atoms with E-state index < -0.39 is 0 Å². The van der Waals surface area contributed by atoms with Crippen molar-refractivity contribution in [3.8, 4) is 0 Å². The summed E-state index contributed by atoms with van der Waals surface area (Å²) in [5.41, 5.74) is 2.84. The maximum Gasteiger partial charge on any atom is 0.0208 e. The molecule has 1 aliphatic rings. The lowest BCUT2D eigenvalue weighted by Gasteiger charge is -2.10. The summed E-state index contributed by atoms with van der Waals surface area (Å²) in [6.45, 7) is 7.80. The normalized spacial score (nSPS) is 15.5. The third-order valence-corrected chi connectivity index (χ3v) is 4.59. The van der Waals surface area contributed by atoms with Crippen LogP contribution in [0.1, 0.15) is 37.8 Å². The molecule has 1 aliphatic carbocycles. The SMILES string of the molecule is Cc1cc(CNC2CC2)ccc1SCC(C)C. The van der Waals surface area contributed by atoms with Gasteiger partial charge in [0, 0.05) is 23.2 Å². The summed E-state index contributed by atoms with van der Waals surface area (Å²) in [6.07, 6.45) is 2.72. The van der Waals surface area contributed by atoms with Gasteiger partial charge in [-0.3, -0.25) is 0 Å². The molecule has 0 bridgehead atoms. The minimum atomic E-state index is 0.760. The first-order chi connectivity index (χ1) is 8.15. The number of benzene rings is 1. The molecule has 1 aromatic rings. The second-order valence-corrected chi connectivity index (χ2v) is 6.52. The first-order valence-corrected chi connectivity index (χ1v) is 7.59. The molecular formula is C15H23NS. The predicted molar refractivity (Wildman–Crippen MR) is 76.6 cm³/mol. The molecule has 17 heavy (non-hydrogen) atoms. The second kappa shape index (κ2) is 5.92. The summed E-state index contributed by atoms with van der Waals surface area (Å²) in [5, 5.41) is 3.56. The summed E-state index contributed by atoms with van der Waals surface area (Å²) in [7, 11) is 0. The van der Waals surface area contributed by atoms with Crippen molar-refractivity contribution in [3.63, 3.8) is 0 Å². The van der Waals surface area contributed by atoms with Crippen molar-refractivity contribution in [2.75, 3.05) is 5.75 Å². The largest absolute Gasteiger partial charge is 0.310 e. The molecule has 0 radical (unpaired) electrons. The highest BCUT2D eigenvalue weighted by Crippen LogP contribution is 2.25. The molecule has 1 fully saturated rings. The van der Waals surface area contributed by atoms with E-state index in [1.54, 1.807) is 0 Å². The number of aryl methyl sites for hydroxylation is 1. The summed E-state index contributed by atoms with van der Waals surface area (Å²) >= 11 is 1.98. The molecule has 94 valence electrons. The maximum atomic E-state index is 3.56. The number of hydrogen-bond donors (Lipinski definition) is 1. The Morgan fingerprint density at radius 2 is 2.12 bits per heavy atom. The zero-order chi connectivity index (χ0) is 12.3. The van der Waals surface area contributed by atoms with Crippen LogP contribution in [0, 0.1) is 12.8 Å². The molecule has 0 atom stereocenters. The lowest BCUT2D eigenvalue weighted by atomic mass is 10.1. The van der Waals surface area contributed by atoms with Crippen LogP contribution < -0.4 is 5.32 Å². The summed E-state index contributed by atoms with van der Waals surface area (Å²) in [6, 6.07) is 7.68. The van der Waals surface area contributed by atoms with Gasteiger partial charge in [0.15, 0.2) is 0 Å². The van der Waals surface area contributed by atoms with Crippen LogP contribution in [0.15, 0.2) is 23.1 Å². The quantitative estimate of drug-likeness (QED) is 0.765. The van der Waals surface area contributed by atoms with Gasteiger partial charge in [-0.2, -0.15) is 0 Å². The third-order valence-electron chi connectivity index (χ3n) is 2.98. The Balaban J connectivity index is 1.90. The average molecular weight is 249 g/mol. The standard InChI is InChI=1S/C15H23NS/c1-11(2)10-17-15-7-4-13(8-12(15)3)9-16-14-5-6-14/h4,7-8,11,14,16H,5-6,9-10H2,1-3H3. The van der Waals surface area contributed by atoms with Crippen molar-refractivity contribution < 1.29 is 0 Å². The van der Waals surface area contributed by atoms with Crippen molar-refractivity contribution in [2.45, 2.75) is 51.1 Å². The lowest BCUT2D eigenvalue weighted by molar-refractivity contribution is 0.687. The Bertz CT molecular complexity index is 369. The Morgan fingerprint density at radius 1 is 1.35 bits per heavy atom. The van der Waals surface area contributed by atoms with Crippen molar-refractivity contribution in [1.29, 1.82) is 0 Å². The van der Waals surface area contributed by atoms with Gasteiger partial charge in [0.2, 0.25) is 0 Å².